The predicted molar refractivity (Wildman–Crippen MR) is 98.4 cm³/mol. The van der Waals surface area contributed by atoms with Gasteiger partial charge < -0.3 is 24.6 Å². The first-order valence-corrected chi connectivity index (χ1v) is 9.46. The number of nitrogens with zero attached hydrogens (tertiary/aromatic N) is 3. The van der Waals surface area contributed by atoms with Crippen LogP contribution in [0.15, 0.2) is 18.2 Å². The maximum atomic E-state index is 12.9. The Labute approximate surface area is 161 Å². The maximum absolute atomic E-state index is 12.9. The zero-order valence-corrected chi connectivity index (χ0v) is 15.4. The first-order chi connectivity index (χ1) is 13.7. The second-order valence-electron chi connectivity index (χ2n) is 7.11. The van der Waals surface area contributed by atoms with Gasteiger partial charge in [-0.15, -0.1) is 0 Å². The molecule has 0 bridgehead atoms. The molecule has 0 atom stereocenters. The lowest BCUT2D eigenvalue weighted by atomic mass is 10.1. The molecular weight excluding hydrogens is 362 g/mol. The van der Waals surface area contributed by atoms with Gasteiger partial charge in [-0.25, -0.2) is 0 Å². The molecule has 1 saturated heterocycles. The van der Waals surface area contributed by atoms with Gasteiger partial charge in [-0.05, 0) is 18.2 Å². The second kappa shape index (κ2) is 6.83. The van der Waals surface area contributed by atoms with Crippen LogP contribution < -0.4 is 14.8 Å². The topological polar surface area (TPSA) is 99.8 Å². The summed E-state index contributed by atoms with van der Waals surface area (Å²) in [6.45, 7) is 3.70. The molecule has 0 spiro atoms. The number of benzene rings is 1. The molecule has 2 N–H and O–H groups in total. The van der Waals surface area contributed by atoms with Crippen molar-refractivity contribution >= 4 is 11.8 Å². The van der Waals surface area contributed by atoms with Crippen molar-refractivity contribution in [3.05, 3.63) is 40.7 Å². The van der Waals surface area contributed by atoms with Gasteiger partial charge in [0.1, 0.15) is 0 Å². The van der Waals surface area contributed by atoms with Gasteiger partial charge in [0.05, 0.1) is 0 Å². The average molecular weight is 383 g/mol. The molecule has 1 fully saturated rings. The van der Waals surface area contributed by atoms with Gasteiger partial charge in [0, 0.05) is 62.5 Å². The number of fused-ring (bicyclic) bond motifs is 2. The van der Waals surface area contributed by atoms with Crippen LogP contribution in [0.4, 0.5) is 0 Å². The van der Waals surface area contributed by atoms with Crippen LogP contribution in [0.1, 0.15) is 32.1 Å². The molecule has 146 valence electrons. The molecule has 2 amide bonds. The number of carbonyl (C=O) groups excluding carboxylic acids is 2. The van der Waals surface area contributed by atoms with Crippen LogP contribution in [0.2, 0.25) is 0 Å². The van der Waals surface area contributed by atoms with E-state index in [9.17, 15) is 9.59 Å². The molecule has 0 unspecified atom stereocenters. The molecule has 3 aliphatic rings. The Morgan fingerprint density at radius 2 is 1.75 bits per heavy atom. The fourth-order valence-electron chi connectivity index (χ4n) is 3.88. The fraction of sp³-hybridized carbons (Fsp3) is 0.421. The molecule has 0 aliphatic carbocycles. The van der Waals surface area contributed by atoms with E-state index in [1.807, 2.05) is 0 Å². The Morgan fingerprint density at radius 3 is 2.57 bits per heavy atom. The fourth-order valence-corrected chi connectivity index (χ4v) is 3.88. The van der Waals surface area contributed by atoms with E-state index in [1.54, 1.807) is 28.0 Å². The molecule has 2 aromatic rings. The highest BCUT2D eigenvalue weighted by atomic mass is 16.7. The first kappa shape index (κ1) is 17.1. The lowest BCUT2D eigenvalue weighted by Crippen LogP contribution is -2.50. The van der Waals surface area contributed by atoms with E-state index in [-0.39, 0.29) is 18.6 Å². The monoisotopic (exact) mass is 383 g/mol. The summed E-state index contributed by atoms with van der Waals surface area (Å²) in [7, 11) is 0. The number of carbonyl (C=O) groups is 2. The molecule has 1 aromatic carbocycles. The maximum Gasteiger partial charge on any atom is 0.274 e. The number of aromatic amines is 1. The standard InChI is InChI=1S/C19H21N5O4/c25-18(12-1-2-15-16(9-12)28-11-27-15)23-5-7-24(8-6-23)19(26)17-13-10-20-4-3-14(13)21-22-17/h1-2,9,20H,3-8,10-11H2,(H,21,22). The zero-order valence-electron chi connectivity index (χ0n) is 15.4. The largest absolute Gasteiger partial charge is 0.454 e. The van der Waals surface area contributed by atoms with Crippen LogP contribution in [0.5, 0.6) is 11.5 Å². The SMILES string of the molecule is O=C(c1ccc2c(c1)OCO2)N1CCN(C(=O)c2n[nH]c3c2CNCC3)CC1. The molecule has 9 nitrogen and oxygen atoms in total. The average Bonchev–Trinajstić information content (AvgIpc) is 3.39. The van der Waals surface area contributed by atoms with Gasteiger partial charge in [-0.3, -0.25) is 14.7 Å². The van der Waals surface area contributed by atoms with Crippen molar-refractivity contribution < 1.29 is 19.1 Å². The van der Waals surface area contributed by atoms with Gasteiger partial charge in [-0.2, -0.15) is 5.10 Å². The summed E-state index contributed by atoms with van der Waals surface area (Å²) >= 11 is 0. The number of H-pyrrole nitrogens is 1. The Bertz CT molecular complexity index is 932. The summed E-state index contributed by atoms with van der Waals surface area (Å²) < 4.78 is 10.6. The van der Waals surface area contributed by atoms with Gasteiger partial charge in [0.2, 0.25) is 6.79 Å². The minimum Gasteiger partial charge on any atom is -0.454 e. The van der Waals surface area contributed by atoms with E-state index in [2.05, 4.69) is 15.5 Å². The summed E-state index contributed by atoms with van der Waals surface area (Å²) in [5, 5.41) is 10.5. The normalized spacial score (nSPS) is 18.1. The summed E-state index contributed by atoms with van der Waals surface area (Å²) in [5.74, 6) is 1.11. The summed E-state index contributed by atoms with van der Waals surface area (Å²) in [5.41, 5.74) is 3.07. The number of hydrogen-bond donors (Lipinski definition) is 2. The van der Waals surface area contributed by atoms with Gasteiger partial charge in [0.25, 0.3) is 11.8 Å². The molecule has 28 heavy (non-hydrogen) atoms. The Hall–Kier alpha value is -3.07. The van der Waals surface area contributed by atoms with Crippen molar-refractivity contribution in [3.63, 3.8) is 0 Å². The number of nitrogens with one attached hydrogen (secondary N) is 2. The predicted octanol–water partition coefficient (Wildman–Crippen LogP) is 0.382. The van der Waals surface area contributed by atoms with Gasteiger partial charge in [0.15, 0.2) is 17.2 Å². The van der Waals surface area contributed by atoms with E-state index >= 15 is 0 Å². The van der Waals surface area contributed by atoms with Crippen molar-refractivity contribution in [3.8, 4) is 11.5 Å². The minimum absolute atomic E-state index is 0.0632. The Kier molecular flexibility index (Phi) is 4.16. The van der Waals surface area contributed by atoms with Crippen molar-refractivity contribution in [1.82, 2.24) is 25.3 Å². The summed E-state index contributed by atoms with van der Waals surface area (Å²) in [6.07, 6.45) is 0.855. The molecule has 5 rings (SSSR count). The number of amides is 2. The van der Waals surface area contributed by atoms with Crippen molar-refractivity contribution in [1.29, 1.82) is 0 Å². The first-order valence-electron chi connectivity index (χ1n) is 9.46. The molecule has 4 heterocycles. The minimum atomic E-state index is -0.0728. The van der Waals surface area contributed by atoms with Crippen LogP contribution >= 0.6 is 0 Å². The number of aromatic nitrogens is 2. The quantitative estimate of drug-likeness (QED) is 0.778. The van der Waals surface area contributed by atoms with E-state index in [4.69, 9.17) is 9.47 Å². The Balaban J connectivity index is 1.24. The number of ether oxygens (including phenoxy) is 2. The lowest BCUT2D eigenvalue weighted by molar-refractivity contribution is 0.0531. The van der Waals surface area contributed by atoms with Crippen LogP contribution in [0.25, 0.3) is 0 Å². The zero-order chi connectivity index (χ0) is 19.1. The lowest BCUT2D eigenvalue weighted by Gasteiger charge is -2.34. The van der Waals surface area contributed by atoms with Gasteiger partial charge >= 0.3 is 0 Å². The molecule has 1 aromatic heterocycles. The summed E-state index contributed by atoms with van der Waals surface area (Å²) in [4.78, 5) is 29.2. The summed E-state index contributed by atoms with van der Waals surface area (Å²) in [6, 6.07) is 5.21. The molecule has 0 saturated carbocycles. The van der Waals surface area contributed by atoms with Crippen LogP contribution in [-0.2, 0) is 13.0 Å². The van der Waals surface area contributed by atoms with E-state index in [0.29, 0.717) is 55.5 Å². The third kappa shape index (κ3) is 2.88. The highest BCUT2D eigenvalue weighted by Crippen LogP contribution is 2.33. The van der Waals surface area contributed by atoms with E-state index in [1.165, 1.54) is 0 Å². The number of piperazine rings is 1. The highest BCUT2D eigenvalue weighted by Gasteiger charge is 2.30. The third-order valence-corrected chi connectivity index (χ3v) is 5.48. The van der Waals surface area contributed by atoms with E-state index in [0.717, 1.165) is 24.2 Å². The highest BCUT2D eigenvalue weighted by molar-refractivity contribution is 5.96. The van der Waals surface area contributed by atoms with Crippen LogP contribution in [0, 0.1) is 0 Å². The van der Waals surface area contributed by atoms with Crippen molar-refractivity contribution in [2.24, 2.45) is 0 Å². The van der Waals surface area contributed by atoms with Crippen LogP contribution in [-0.4, -0.2) is 71.3 Å². The number of rotatable bonds is 2. The molecular formula is C19H21N5O4. The van der Waals surface area contributed by atoms with Crippen LogP contribution in [0.3, 0.4) is 0 Å². The van der Waals surface area contributed by atoms with E-state index < -0.39 is 0 Å². The molecule has 3 aliphatic heterocycles. The molecule has 9 heteroatoms. The Morgan fingerprint density at radius 1 is 1.00 bits per heavy atom. The van der Waals surface area contributed by atoms with Gasteiger partial charge in [-0.1, -0.05) is 0 Å². The third-order valence-electron chi connectivity index (χ3n) is 5.48. The van der Waals surface area contributed by atoms with Crippen molar-refractivity contribution in [2.75, 3.05) is 39.5 Å². The van der Waals surface area contributed by atoms with Crippen molar-refractivity contribution in [2.45, 2.75) is 13.0 Å². The smallest absolute Gasteiger partial charge is 0.274 e. The second-order valence-corrected chi connectivity index (χ2v) is 7.11. The number of hydrogen-bond acceptors (Lipinski definition) is 6. The molecule has 0 radical (unpaired) electrons.